The van der Waals surface area contributed by atoms with Crippen LogP contribution in [-0.4, -0.2) is 44.2 Å². The maximum Gasteiger partial charge on any atom is 0.0939 e. The summed E-state index contributed by atoms with van der Waals surface area (Å²) >= 11 is 0. The Morgan fingerprint density at radius 1 is 1.38 bits per heavy atom. The lowest BCUT2D eigenvalue weighted by Crippen LogP contribution is -2.57. The fourth-order valence-electron chi connectivity index (χ4n) is 3.78. The van der Waals surface area contributed by atoms with Gasteiger partial charge in [0, 0.05) is 26.2 Å². The van der Waals surface area contributed by atoms with Crippen LogP contribution in [0.25, 0.3) is 0 Å². The molecule has 2 heterocycles. The molecular weight excluding hydrogens is 268 g/mol. The zero-order valence-electron chi connectivity index (χ0n) is 14.0. The van der Waals surface area contributed by atoms with Gasteiger partial charge in [0.1, 0.15) is 0 Å². The third kappa shape index (κ3) is 3.96. The first-order valence-electron chi connectivity index (χ1n) is 8.21. The minimum absolute atomic E-state index is 0.0463. The van der Waals surface area contributed by atoms with Crippen LogP contribution in [0.1, 0.15) is 47.0 Å². The van der Waals surface area contributed by atoms with E-state index in [1.54, 1.807) is 0 Å². The Hall–Kier alpha value is -0.200. The zero-order chi connectivity index (χ0) is 15.5. The summed E-state index contributed by atoms with van der Waals surface area (Å²) < 4.78 is 17.7. The average Bonchev–Trinajstić information content (AvgIpc) is 2.86. The monoisotopic (exact) mass is 300 g/mol. The number of ether oxygens (including phenoxy) is 3. The average molecular weight is 300 g/mol. The van der Waals surface area contributed by atoms with Gasteiger partial charge in [0.15, 0.2) is 0 Å². The molecule has 0 aromatic heterocycles. The SMILES string of the molecule is CCOC(C(NN)C1CCOC2(CCOC2)C1)C(C)(C)C. The summed E-state index contributed by atoms with van der Waals surface area (Å²) in [6.07, 6.45) is 3.11. The van der Waals surface area contributed by atoms with Crippen LogP contribution in [0.5, 0.6) is 0 Å². The van der Waals surface area contributed by atoms with E-state index in [1.807, 2.05) is 6.92 Å². The molecule has 0 radical (unpaired) electrons. The lowest BCUT2D eigenvalue weighted by atomic mass is 9.74. The number of hydrazine groups is 1. The third-order valence-electron chi connectivity index (χ3n) is 4.82. The largest absolute Gasteiger partial charge is 0.378 e. The summed E-state index contributed by atoms with van der Waals surface area (Å²) in [5, 5.41) is 0. The van der Waals surface area contributed by atoms with Crippen LogP contribution < -0.4 is 11.3 Å². The molecule has 4 atom stereocenters. The first-order valence-corrected chi connectivity index (χ1v) is 8.21. The molecule has 2 saturated heterocycles. The summed E-state index contributed by atoms with van der Waals surface area (Å²) in [5.74, 6) is 6.38. The zero-order valence-corrected chi connectivity index (χ0v) is 14.0. The Morgan fingerprint density at radius 2 is 2.14 bits per heavy atom. The van der Waals surface area contributed by atoms with Gasteiger partial charge in [-0.25, -0.2) is 0 Å². The summed E-state index contributed by atoms with van der Waals surface area (Å²) in [6, 6.07) is 0.145. The van der Waals surface area contributed by atoms with Crippen LogP contribution in [-0.2, 0) is 14.2 Å². The topological polar surface area (TPSA) is 65.7 Å². The minimum atomic E-state index is -0.0906. The molecule has 21 heavy (non-hydrogen) atoms. The van der Waals surface area contributed by atoms with Crippen molar-refractivity contribution in [3.05, 3.63) is 0 Å². The summed E-state index contributed by atoms with van der Waals surface area (Å²) in [6.45, 7) is 11.7. The Morgan fingerprint density at radius 3 is 2.67 bits per heavy atom. The number of hydrogen-bond donors (Lipinski definition) is 2. The van der Waals surface area contributed by atoms with Crippen LogP contribution in [0.2, 0.25) is 0 Å². The molecule has 2 fully saturated rings. The molecule has 0 saturated carbocycles. The first-order chi connectivity index (χ1) is 9.92. The van der Waals surface area contributed by atoms with Crippen LogP contribution >= 0.6 is 0 Å². The molecule has 0 aromatic rings. The van der Waals surface area contributed by atoms with Gasteiger partial charge in [0.25, 0.3) is 0 Å². The van der Waals surface area contributed by atoms with Crippen molar-refractivity contribution in [1.82, 2.24) is 5.43 Å². The van der Waals surface area contributed by atoms with E-state index < -0.39 is 0 Å². The quantitative estimate of drug-likeness (QED) is 0.599. The fourth-order valence-corrected chi connectivity index (χ4v) is 3.78. The van der Waals surface area contributed by atoms with E-state index >= 15 is 0 Å². The van der Waals surface area contributed by atoms with Crippen molar-refractivity contribution in [3.63, 3.8) is 0 Å². The second-order valence-corrected chi connectivity index (χ2v) is 7.52. The highest BCUT2D eigenvalue weighted by Crippen LogP contribution is 2.39. The van der Waals surface area contributed by atoms with E-state index in [0.29, 0.717) is 12.5 Å². The molecule has 5 heteroatoms. The Bertz CT molecular complexity index is 324. The number of nitrogens with one attached hydrogen (secondary N) is 1. The van der Waals surface area contributed by atoms with Gasteiger partial charge < -0.3 is 14.2 Å². The molecule has 4 unspecified atom stereocenters. The molecule has 0 aromatic carbocycles. The molecule has 0 aliphatic carbocycles. The molecule has 0 bridgehead atoms. The van der Waals surface area contributed by atoms with Crippen molar-refractivity contribution < 1.29 is 14.2 Å². The second kappa shape index (κ2) is 6.92. The van der Waals surface area contributed by atoms with Crippen molar-refractivity contribution >= 4 is 0 Å². The summed E-state index contributed by atoms with van der Waals surface area (Å²) in [5.41, 5.74) is 3.00. The van der Waals surface area contributed by atoms with Gasteiger partial charge in [-0.1, -0.05) is 20.8 Å². The lowest BCUT2D eigenvalue weighted by Gasteiger charge is -2.45. The van der Waals surface area contributed by atoms with Gasteiger partial charge >= 0.3 is 0 Å². The van der Waals surface area contributed by atoms with Gasteiger partial charge in [-0.2, -0.15) is 0 Å². The Labute approximate surface area is 128 Å². The normalized spacial score (nSPS) is 33.3. The van der Waals surface area contributed by atoms with E-state index in [4.69, 9.17) is 20.1 Å². The van der Waals surface area contributed by atoms with Crippen LogP contribution in [0, 0.1) is 11.3 Å². The molecule has 2 rings (SSSR count). The second-order valence-electron chi connectivity index (χ2n) is 7.52. The summed E-state index contributed by atoms with van der Waals surface area (Å²) in [7, 11) is 0. The smallest absolute Gasteiger partial charge is 0.0939 e. The van der Waals surface area contributed by atoms with E-state index in [0.717, 1.165) is 39.1 Å². The van der Waals surface area contributed by atoms with Crippen molar-refractivity contribution in [3.8, 4) is 0 Å². The third-order valence-corrected chi connectivity index (χ3v) is 4.82. The predicted molar refractivity (Wildman–Crippen MR) is 82.8 cm³/mol. The van der Waals surface area contributed by atoms with Gasteiger partial charge in [-0.3, -0.25) is 11.3 Å². The molecule has 5 nitrogen and oxygen atoms in total. The molecule has 2 aliphatic heterocycles. The molecule has 3 N–H and O–H groups in total. The fraction of sp³-hybridized carbons (Fsp3) is 1.00. The standard InChI is InChI=1S/C16H32N2O3/c1-5-20-14(15(2,3)4)13(18-17)12-6-8-21-16(10-12)7-9-19-11-16/h12-14,18H,5-11,17H2,1-4H3. The van der Waals surface area contributed by atoms with E-state index in [2.05, 4.69) is 26.2 Å². The van der Waals surface area contributed by atoms with Crippen LogP contribution in [0.3, 0.4) is 0 Å². The Kier molecular flexibility index (Phi) is 5.65. The van der Waals surface area contributed by atoms with E-state index in [-0.39, 0.29) is 23.2 Å². The van der Waals surface area contributed by atoms with Crippen molar-refractivity contribution in [2.45, 2.75) is 64.7 Å². The van der Waals surface area contributed by atoms with Crippen molar-refractivity contribution in [2.75, 3.05) is 26.4 Å². The van der Waals surface area contributed by atoms with Gasteiger partial charge in [0.05, 0.1) is 24.4 Å². The Balaban J connectivity index is 2.11. The number of rotatable bonds is 5. The molecule has 1 spiro atoms. The van der Waals surface area contributed by atoms with Crippen molar-refractivity contribution in [1.29, 1.82) is 0 Å². The maximum absolute atomic E-state index is 6.05. The van der Waals surface area contributed by atoms with Crippen LogP contribution in [0.15, 0.2) is 0 Å². The highest BCUT2D eigenvalue weighted by Gasteiger charge is 2.46. The van der Waals surface area contributed by atoms with Crippen molar-refractivity contribution in [2.24, 2.45) is 17.2 Å². The molecule has 124 valence electrons. The predicted octanol–water partition coefficient (Wildman–Crippen LogP) is 1.86. The summed E-state index contributed by atoms with van der Waals surface area (Å²) in [4.78, 5) is 0. The van der Waals surface area contributed by atoms with E-state index in [1.165, 1.54) is 0 Å². The first kappa shape index (κ1) is 17.2. The number of hydrogen-bond acceptors (Lipinski definition) is 5. The minimum Gasteiger partial charge on any atom is -0.378 e. The number of nitrogens with two attached hydrogens (primary N) is 1. The highest BCUT2D eigenvalue weighted by molar-refractivity contribution is 4.97. The van der Waals surface area contributed by atoms with Gasteiger partial charge in [-0.05, 0) is 31.1 Å². The van der Waals surface area contributed by atoms with Crippen LogP contribution in [0.4, 0.5) is 0 Å². The molecule has 0 amide bonds. The molecular formula is C16H32N2O3. The van der Waals surface area contributed by atoms with Gasteiger partial charge in [-0.15, -0.1) is 0 Å². The maximum atomic E-state index is 6.05. The van der Waals surface area contributed by atoms with Gasteiger partial charge in [0.2, 0.25) is 0 Å². The molecule has 2 aliphatic rings. The highest BCUT2D eigenvalue weighted by atomic mass is 16.6. The van der Waals surface area contributed by atoms with E-state index in [9.17, 15) is 0 Å². The lowest BCUT2D eigenvalue weighted by molar-refractivity contribution is -0.122.